The van der Waals surface area contributed by atoms with Crippen molar-refractivity contribution in [2.24, 2.45) is 11.8 Å². The molecule has 0 unspecified atom stereocenters. The fourth-order valence-corrected chi connectivity index (χ4v) is 2.67. The van der Waals surface area contributed by atoms with Crippen LogP contribution in [0.1, 0.15) is 51.6 Å². The maximum atomic E-state index is 4.30. The van der Waals surface area contributed by atoms with Gasteiger partial charge in [0.05, 0.1) is 0 Å². The summed E-state index contributed by atoms with van der Waals surface area (Å²) in [6, 6.07) is 2.09. The van der Waals surface area contributed by atoms with E-state index in [-0.39, 0.29) is 0 Å². The van der Waals surface area contributed by atoms with Crippen molar-refractivity contribution in [2.45, 2.75) is 52.4 Å². The van der Waals surface area contributed by atoms with Crippen molar-refractivity contribution in [3.8, 4) is 0 Å². The van der Waals surface area contributed by atoms with Crippen molar-refractivity contribution in [1.29, 1.82) is 0 Å². The van der Waals surface area contributed by atoms with Crippen LogP contribution in [0.3, 0.4) is 0 Å². The first-order valence-corrected chi connectivity index (χ1v) is 7.32. The van der Waals surface area contributed by atoms with E-state index in [0.717, 1.165) is 42.7 Å². The minimum Gasteiger partial charge on any atom is -0.370 e. The molecule has 0 radical (unpaired) electrons. The molecule has 1 aromatic heterocycles. The Balaban J connectivity index is 1.80. The molecular weight excluding hydrogens is 222 g/mol. The van der Waals surface area contributed by atoms with Crippen LogP contribution in [0.25, 0.3) is 0 Å². The molecule has 0 aromatic carbocycles. The maximum Gasteiger partial charge on any atom is 0.129 e. The summed E-state index contributed by atoms with van der Waals surface area (Å²) in [5.41, 5.74) is 1.15. The Kier molecular flexibility index (Phi) is 4.97. The van der Waals surface area contributed by atoms with E-state index in [1.165, 1.54) is 25.7 Å². The van der Waals surface area contributed by atoms with Gasteiger partial charge in [0, 0.05) is 18.3 Å². The van der Waals surface area contributed by atoms with Crippen molar-refractivity contribution in [1.82, 2.24) is 9.97 Å². The largest absolute Gasteiger partial charge is 0.370 e. The predicted molar refractivity (Wildman–Crippen MR) is 75.6 cm³/mol. The normalized spacial score (nSPS) is 23.9. The first kappa shape index (κ1) is 13.3. The van der Waals surface area contributed by atoms with Crippen molar-refractivity contribution < 1.29 is 0 Å². The van der Waals surface area contributed by atoms with E-state index < -0.39 is 0 Å². The topological polar surface area (TPSA) is 37.8 Å². The molecule has 1 aliphatic carbocycles. The summed E-state index contributed by atoms with van der Waals surface area (Å²) < 4.78 is 0. The summed E-state index contributed by atoms with van der Waals surface area (Å²) in [5, 5.41) is 3.48. The Morgan fingerprint density at radius 2 is 2.00 bits per heavy atom. The van der Waals surface area contributed by atoms with Gasteiger partial charge in [-0.2, -0.15) is 0 Å². The van der Waals surface area contributed by atoms with Gasteiger partial charge in [-0.15, -0.1) is 0 Å². The Labute approximate surface area is 110 Å². The Morgan fingerprint density at radius 3 is 2.72 bits per heavy atom. The minimum absolute atomic E-state index is 0.825. The van der Waals surface area contributed by atoms with Crippen LogP contribution in [0.2, 0.25) is 0 Å². The Morgan fingerprint density at radius 1 is 1.22 bits per heavy atom. The van der Waals surface area contributed by atoms with Gasteiger partial charge in [0.25, 0.3) is 0 Å². The summed E-state index contributed by atoms with van der Waals surface area (Å²) in [6.45, 7) is 5.61. The summed E-state index contributed by atoms with van der Waals surface area (Å²) >= 11 is 0. The molecule has 0 spiro atoms. The Hall–Kier alpha value is -1.12. The highest BCUT2D eigenvalue weighted by Crippen LogP contribution is 2.28. The molecule has 0 aliphatic heterocycles. The van der Waals surface area contributed by atoms with E-state index in [4.69, 9.17) is 0 Å². The van der Waals surface area contributed by atoms with Crippen LogP contribution < -0.4 is 5.32 Å². The SMILES string of the molecule is CCCc1cc(NCC2CCC(C)CC2)ncn1. The zero-order chi connectivity index (χ0) is 12.8. The van der Waals surface area contributed by atoms with Gasteiger partial charge in [0.2, 0.25) is 0 Å². The van der Waals surface area contributed by atoms with Crippen molar-refractivity contribution in [2.75, 3.05) is 11.9 Å². The first-order valence-electron chi connectivity index (χ1n) is 7.32. The van der Waals surface area contributed by atoms with Gasteiger partial charge in [-0.05, 0) is 31.1 Å². The first-order chi connectivity index (χ1) is 8.78. The van der Waals surface area contributed by atoms with Crippen LogP contribution in [0, 0.1) is 11.8 Å². The smallest absolute Gasteiger partial charge is 0.129 e. The van der Waals surface area contributed by atoms with Crippen LogP contribution in [0.5, 0.6) is 0 Å². The molecule has 0 amide bonds. The molecule has 1 heterocycles. The lowest BCUT2D eigenvalue weighted by Gasteiger charge is -2.26. The molecule has 1 aromatic rings. The van der Waals surface area contributed by atoms with Gasteiger partial charge in [-0.25, -0.2) is 9.97 Å². The summed E-state index contributed by atoms with van der Waals surface area (Å²) in [4.78, 5) is 8.58. The summed E-state index contributed by atoms with van der Waals surface area (Å²) in [7, 11) is 0. The third kappa shape index (κ3) is 3.97. The molecular formula is C15H25N3. The summed E-state index contributed by atoms with van der Waals surface area (Å²) in [5.74, 6) is 2.74. The molecule has 100 valence electrons. The van der Waals surface area contributed by atoms with Gasteiger partial charge in [0.1, 0.15) is 12.1 Å². The van der Waals surface area contributed by atoms with Gasteiger partial charge >= 0.3 is 0 Å². The molecule has 3 heteroatoms. The van der Waals surface area contributed by atoms with Gasteiger partial charge < -0.3 is 5.32 Å². The number of aromatic nitrogens is 2. The number of hydrogen-bond acceptors (Lipinski definition) is 3. The number of nitrogens with one attached hydrogen (secondary N) is 1. The van der Waals surface area contributed by atoms with E-state index >= 15 is 0 Å². The van der Waals surface area contributed by atoms with Gasteiger partial charge in [-0.1, -0.05) is 33.1 Å². The number of nitrogens with zero attached hydrogens (tertiary/aromatic N) is 2. The van der Waals surface area contributed by atoms with Gasteiger partial charge in [-0.3, -0.25) is 0 Å². The number of anilines is 1. The second-order valence-electron chi connectivity index (χ2n) is 5.65. The molecule has 0 saturated heterocycles. The predicted octanol–water partition coefficient (Wildman–Crippen LogP) is 3.67. The molecule has 1 aliphatic rings. The van der Waals surface area contributed by atoms with Crippen LogP contribution in [0.4, 0.5) is 5.82 Å². The average molecular weight is 247 g/mol. The second-order valence-corrected chi connectivity index (χ2v) is 5.65. The van der Waals surface area contributed by atoms with E-state index in [2.05, 4.69) is 35.2 Å². The van der Waals surface area contributed by atoms with Crippen molar-refractivity contribution in [3.63, 3.8) is 0 Å². The van der Waals surface area contributed by atoms with Crippen LogP contribution in [-0.2, 0) is 6.42 Å². The Bertz CT molecular complexity index is 357. The van der Waals surface area contributed by atoms with Gasteiger partial charge in [0.15, 0.2) is 0 Å². The van der Waals surface area contributed by atoms with E-state index in [0.29, 0.717) is 0 Å². The van der Waals surface area contributed by atoms with E-state index in [1.54, 1.807) is 6.33 Å². The average Bonchev–Trinajstić information content (AvgIpc) is 2.39. The van der Waals surface area contributed by atoms with Crippen molar-refractivity contribution in [3.05, 3.63) is 18.1 Å². The highest BCUT2D eigenvalue weighted by atomic mass is 15.0. The lowest BCUT2D eigenvalue weighted by molar-refractivity contribution is 0.300. The molecule has 1 N–H and O–H groups in total. The molecule has 1 fully saturated rings. The fourth-order valence-electron chi connectivity index (χ4n) is 2.67. The maximum absolute atomic E-state index is 4.30. The lowest BCUT2D eigenvalue weighted by Crippen LogP contribution is -2.20. The number of aryl methyl sites for hydroxylation is 1. The van der Waals surface area contributed by atoms with Crippen LogP contribution in [0.15, 0.2) is 12.4 Å². The van der Waals surface area contributed by atoms with Crippen LogP contribution >= 0.6 is 0 Å². The summed E-state index contributed by atoms with van der Waals surface area (Å²) in [6.07, 6.45) is 9.35. The van der Waals surface area contributed by atoms with E-state index in [1.807, 2.05) is 0 Å². The quantitative estimate of drug-likeness (QED) is 0.862. The molecule has 1 saturated carbocycles. The third-order valence-electron chi connectivity index (χ3n) is 3.94. The van der Waals surface area contributed by atoms with Crippen LogP contribution in [-0.4, -0.2) is 16.5 Å². The molecule has 18 heavy (non-hydrogen) atoms. The number of rotatable bonds is 5. The standard InChI is InChI=1S/C15H25N3/c1-3-4-14-9-15(18-11-17-14)16-10-13-7-5-12(2)6-8-13/h9,11-13H,3-8,10H2,1-2H3,(H,16,17,18). The molecule has 2 rings (SSSR count). The molecule has 0 atom stereocenters. The van der Waals surface area contributed by atoms with Crippen molar-refractivity contribution >= 4 is 5.82 Å². The lowest BCUT2D eigenvalue weighted by atomic mass is 9.83. The second kappa shape index (κ2) is 6.72. The monoisotopic (exact) mass is 247 g/mol. The highest BCUT2D eigenvalue weighted by Gasteiger charge is 2.17. The zero-order valence-corrected chi connectivity index (χ0v) is 11.7. The van der Waals surface area contributed by atoms with E-state index in [9.17, 15) is 0 Å². The molecule has 3 nitrogen and oxygen atoms in total. The molecule has 0 bridgehead atoms. The highest BCUT2D eigenvalue weighted by molar-refractivity contribution is 5.34. The third-order valence-corrected chi connectivity index (χ3v) is 3.94. The zero-order valence-electron chi connectivity index (χ0n) is 11.7. The fraction of sp³-hybridized carbons (Fsp3) is 0.733. The number of hydrogen-bond donors (Lipinski definition) is 1. The minimum atomic E-state index is 0.825.